The number of para-hydroxylation sites is 1. The van der Waals surface area contributed by atoms with Crippen LogP contribution in [0.25, 0.3) is 16.7 Å². The number of ketones is 1. The highest BCUT2D eigenvalue weighted by Crippen LogP contribution is 2.34. The third-order valence-corrected chi connectivity index (χ3v) is 3.20. The van der Waals surface area contributed by atoms with Crippen molar-refractivity contribution < 1.29 is 14.3 Å². The van der Waals surface area contributed by atoms with Crippen molar-refractivity contribution in [1.29, 1.82) is 5.26 Å². The van der Waals surface area contributed by atoms with Crippen LogP contribution < -0.4 is 0 Å². The summed E-state index contributed by atoms with van der Waals surface area (Å²) in [6.07, 6.45) is 1.58. The van der Waals surface area contributed by atoms with Gasteiger partial charge >= 0.3 is 0 Å². The number of allylic oxidation sites excluding steroid dienone is 1. The zero-order chi connectivity index (χ0) is 13.4. The van der Waals surface area contributed by atoms with Crippen LogP contribution in [0, 0.1) is 17.2 Å². The van der Waals surface area contributed by atoms with Crippen molar-refractivity contribution in [2.75, 3.05) is 0 Å². The predicted octanol–water partition coefficient (Wildman–Crippen LogP) is 3.20. The molecule has 1 fully saturated rings. The molecule has 0 unspecified atom stereocenters. The van der Waals surface area contributed by atoms with E-state index in [0.717, 1.165) is 18.2 Å². The Bertz CT molecular complexity index is 696. The minimum atomic E-state index is -0.365. The first-order chi connectivity index (χ1) is 9.20. The first-order valence-corrected chi connectivity index (χ1v) is 6.07. The minimum absolute atomic E-state index is 0.110. The highest BCUT2D eigenvalue weighted by Gasteiger charge is 2.34. The third kappa shape index (κ3) is 2.00. The molecule has 0 atom stereocenters. The number of carbonyl (C=O) groups excluding carboxylic acids is 1. The summed E-state index contributed by atoms with van der Waals surface area (Å²) in [5.74, 6) is -0.607. The summed E-state index contributed by atoms with van der Waals surface area (Å²) in [5, 5.41) is 19.9. The molecule has 0 spiro atoms. The van der Waals surface area contributed by atoms with Gasteiger partial charge in [-0.05, 0) is 25.0 Å². The maximum absolute atomic E-state index is 11.9. The summed E-state index contributed by atoms with van der Waals surface area (Å²) in [6.45, 7) is 0. The molecule has 0 saturated heterocycles. The van der Waals surface area contributed by atoms with Crippen molar-refractivity contribution in [1.82, 2.24) is 0 Å². The van der Waals surface area contributed by atoms with E-state index in [1.807, 2.05) is 18.2 Å². The van der Waals surface area contributed by atoms with Gasteiger partial charge in [-0.25, -0.2) is 0 Å². The normalized spacial score (nSPS) is 15.9. The average Bonchev–Trinajstić information content (AvgIpc) is 3.18. The number of carbonyl (C=O) groups is 1. The van der Waals surface area contributed by atoms with E-state index in [0.29, 0.717) is 5.58 Å². The van der Waals surface area contributed by atoms with Gasteiger partial charge in [-0.1, -0.05) is 18.2 Å². The average molecular weight is 253 g/mol. The molecule has 1 N–H and O–H groups in total. The fraction of sp³-hybridized carbons (Fsp3) is 0.200. The zero-order valence-corrected chi connectivity index (χ0v) is 10.1. The van der Waals surface area contributed by atoms with Crippen LogP contribution >= 0.6 is 0 Å². The largest absolute Gasteiger partial charge is 0.503 e. The van der Waals surface area contributed by atoms with Crippen molar-refractivity contribution in [2.24, 2.45) is 5.92 Å². The Balaban J connectivity index is 2.08. The number of hydrogen-bond acceptors (Lipinski definition) is 4. The molecule has 1 aliphatic carbocycles. The van der Waals surface area contributed by atoms with E-state index in [4.69, 9.17) is 9.68 Å². The fourth-order valence-electron chi connectivity index (χ4n) is 2.00. The Morgan fingerprint density at radius 1 is 1.37 bits per heavy atom. The number of aliphatic hydroxyl groups excluding tert-OH is 1. The molecule has 2 aromatic rings. The van der Waals surface area contributed by atoms with Gasteiger partial charge in [0.2, 0.25) is 0 Å². The number of aliphatic hydroxyl groups is 1. The van der Waals surface area contributed by atoms with Crippen molar-refractivity contribution in [3.63, 3.8) is 0 Å². The first kappa shape index (κ1) is 11.5. The molecule has 94 valence electrons. The number of rotatable bonds is 3. The molecule has 4 nitrogen and oxygen atoms in total. The molecule has 4 heteroatoms. The number of hydrogen-bond donors (Lipinski definition) is 1. The molecular formula is C15H11NO3. The number of furan rings is 1. The Morgan fingerprint density at radius 3 is 2.74 bits per heavy atom. The molecular weight excluding hydrogens is 242 g/mol. The topological polar surface area (TPSA) is 74.2 Å². The molecule has 19 heavy (non-hydrogen) atoms. The number of Topliss-reactive ketones (excluding diaryl/α,β-unsaturated/α-hetero) is 1. The summed E-state index contributed by atoms with van der Waals surface area (Å²) < 4.78 is 5.45. The summed E-state index contributed by atoms with van der Waals surface area (Å²) >= 11 is 0. The third-order valence-electron chi connectivity index (χ3n) is 3.20. The molecule has 1 saturated carbocycles. The van der Waals surface area contributed by atoms with E-state index in [2.05, 4.69) is 0 Å². The Kier molecular flexibility index (Phi) is 2.60. The van der Waals surface area contributed by atoms with Crippen molar-refractivity contribution in [3.8, 4) is 6.07 Å². The first-order valence-electron chi connectivity index (χ1n) is 6.07. The highest BCUT2D eigenvalue weighted by atomic mass is 16.4. The smallest absolute Gasteiger partial charge is 0.180 e. The Labute approximate surface area is 109 Å². The van der Waals surface area contributed by atoms with Crippen LogP contribution in [0.4, 0.5) is 0 Å². The quantitative estimate of drug-likeness (QED) is 0.517. The van der Waals surface area contributed by atoms with Gasteiger partial charge in [0.25, 0.3) is 0 Å². The molecule has 1 aromatic heterocycles. The van der Waals surface area contributed by atoms with Crippen LogP contribution in [0.5, 0.6) is 0 Å². The minimum Gasteiger partial charge on any atom is -0.503 e. The lowest BCUT2D eigenvalue weighted by Crippen LogP contribution is -2.05. The van der Waals surface area contributed by atoms with Gasteiger partial charge in [0.15, 0.2) is 17.3 Å². The van der Waals surface area contributed by atoms with Gasteiger partial charge in [0.05, 0.1) is 0 Å². The van der Waals surface area contributed by atoms with Gasteiger partial charge in [-0.2, -0.15) is 5.26 Å². The van der Waals surface area contributed by atoms with Gasteiger partial charge < -0.3 is 9.52 Å². The van der Waals surface area contributed by atoms with Gasteiger partial charge in [-0.15, -0.1) is 0 Å². The lowest BCUT2D eigenvalue weighted by atomic mass is 10.1. The van der Waals surface area contributed by atoms with E-state index in [1.165, 1.54) is 0 Å². The lowest BCUT2D eigenvalue weighted by Gasteiger charge is -1.99. The van der Waals surface area contributed by atoms with Crippen molar-refractivity contribution in [3.05, 3.63) is 41.7 Å². The second-order valence-electron chi connectivity index (χ2n) is 4.62. The van der Waals surface area contributed by atoms with Crippen LogP contribution in [-0.2, 0) is 4.79 Å². The van der Waals surface area contributed by atoms with E-state index >= 15 is 0 Å². The SMILES string of the molecule is N#CC(C(=O)C1CC1)=C(O)c1cc2ccccc2o1. The number of nitrogens with zero attached hydrogens (tertiary/aromatic N) is 1. The van der Waals surface area contributed by atoms with Crippen LogP contribution in [0.3, 0.4) is 0 Å². The Hall–Kier alpha value is -2.54. The predicted molar refractivity (Wildman–Crippen MR) is 69.1 cm³/mol. The standard InChI is InChI=1S/C15H11NO3/c16-8-11(14(17)9-5-6-9)15(18)13-7-10-3-1-2-4-12(10)19-13/h1-4,7,9,18H,5-6H2. The number of benzene rings is 1. The zero-order valence-electron chi connectivity index (χ0n) is 10.1. The number of nitriles is 1. The van der Waals surface area contributed by atoms with Crippen molar-refractivity contribution in [2.45, 2.75) is 12.8 Å². The van der Waals surface area contributed by atoms with Crippen LogP contribution in [-0.4, -0.2) is 10.9 Å². The molecule has 1 heterocycles. The van der Waals surface area contributed by atoms with Gasteiger partial charge in [-0.3, -0.25) is 4.79 Å². The summed E-state index contributed by atoms with van der Waals surface area (Å²) in [5.41, 5.74) is 0.404. The second kappa shape index (κ2) is 4.29. The maximum atomic E-state index is 11.9. The highest BCUT2D eigenvalue weighted by molar-refractivity contribution is 6.07. The van der Waals surface area contributed by atoms with E-state index in [9.17, 15) is 9.90 Å². The maximum Gasteiger partial charge on any atom is 0.180 e. The molecule has 3 rings (SSSR count). The lowest BCUT2D eigenvalue weighted by molar-refractivity contribution is -0.116. The van der Waals surface area contributed by atoms with Gasteiger partial charge in [0, 0.05) is 11.3 Å². The molecule has 1 aliphatic rings. The molecule has 0 bridgehead atoms. The van der Waals surface area contributed by atoms with Crippen molar-refractivity contribution >= 4 is 22.5 Å². The summed E-state index contributed by atoms with van der Waals surface area (Å²) in [4.78, 5) is 11.9. The molecule has 0 aliphatic heterocycles. The summed E-state index contributed by atoms with van der Waals surface area (Å²) in [7, 11) is 0. The van der Waals surface area contributed by atoms with E-state index < -0.39 is 0 Å². The molecule has 0 radical (unpaired) electrons. The summed E-state index contributed by atoms with van der Waals surface area (Å²) in [6, 6.07) is 10.7. The van der Waals surface area contributed by atoms with Crippen LogP contribution in [0.1, 0.15) is 18.6 Å². The van der Waals surface area contributed by atoms with E-state index in [1.54, 1.807) is 18.2 Å². The van der Waals surface area contributed by atoms with Crippen LogP contribution in [0.2, 0.25) is 0 Å². The van der Waals surface area contributed by atoms with Gasteiger partial charge in [0.1, 0.15) is 17.2 Å². The van der Waals surface area contributed by atoms with E-state index in [-0.39, 0.29) is 28.8 Å². The monoisotopic (exact) mass is 253 g/mol. The number of fused-ring (bicyclic) bond motifs is 1. The second-order valence-corrected chi connectivity index (χ2v) is 4.62. The fourth-order valence-corrected chi connectivity index (χ4v) is 2.00. The molecule has 1 aromatic carbocycles. The van der Waals surface area contributed by atoms with Crippen LogP contribution in [0.15, 0.2) is 40.3 Å². The Morgan fingerprint density at radius 2 is 2.11 bits per heavy atom. The molecule has 0 amide bonds.